The van der Waals surface area contributed by atoms with Crippen LogP contribution in [0.3, 0.4) is 0 Å². The van der Waals surface area contributed by atoms with Crippen molar-refractivity contribution in [2.75, 3.05) is 7.11 Å². The van der Waals surface area contributed by atoms with Crippen LogP contribution in [0.25, 0.3) is 0 Å². The first-order valence-corrected chi connectivity index (χ1v) is 7.77. The zero-order chi connectivity index (χ0) is 14.4. The van der Waals surface area contributed by atoms with Gasteiger partial charge < -0.3 is 4.74 Å². The molecule has 1 fully saturated rings. The van der Waals surface area contributed by atoms with Crippen molar-refractivity contribution in [2.24, 2.45) is 5.84 Å². The monoisotopic (exact) mass is 276 g/mol. The van der Waals surface area contributed by atoms with Gasteiger partial charge in [0.05, 0.1) is 11.6 Å². The summed E-state index contributed by atoms with van der Waals surface area (Å²) >= 11 is 0. The summed E-state index contributed by atoms with van der Waals surface area (Å²) in [5, 5.41) is 0. The number of benzene rings is 1. The van der Waals surface area contributed by atoms with Gasteiger partial charge in [-0.1, -0.05) is 55.5 Å². The zero-order valence-corrected chi connectivity index (χ0v) is 12.8. The number of nitrogens with one attached hydrogen (secondary N) is 1. The summed E-state index contributed by atoms with van der Waals surface area (Å²) in [6, 6.07) is 8.84. The number of hydrogen-bond acceptors (Lipinski definition) is 3. The average Bonchev–Trinajstić information content (AvgIpc) is 2.71. The van der Waals surface area contributed by atoms with Crippen LogP contribution in [0.5, 0.6) is 0 Å². The number of rotatable bonds is 5. The van der Waals surface area contributed by atoms with Crippen LogP contribution < -0.4 is 11.3 Å². The van der Waals surface area contributed by atoms with Crippen molar-refractivity contribution in [2.45, 2.75) is 63.5 Å². The van der Waals surface area contributed by atoms with Crippen LogP contribution in [0.2, 0.25) is 0 Å². The van der Waals surface area contributed by atoms with E-state index in [2.05, 4.69) is 36.6 Å². The molecule has 3 nitrogen and oxygen atoms in total. The molecule has 2 rings (SSSR count). The third-order valence-electron chi connectivity index (χ3n) is 4.71. The van der Waals surface area contributed by atoms with Crippen molar-refractivity contribution in [3.63, 3.8) is 0 Å². The zero-order valence-electron chi connectivity index (χ0n) is 12.8. The minimum Gasteiger partial charge on any atom is -0.377 e. The number of hydrazine groups is 1. The van der Waals surface area contributed by atoms with Crippen LogP contribution in [0.4, 0.5) is 0 Å². The van der Waals surface area contributed by atoms with E-state index in [0.29, 0.717) is 0 Å². The molecule has 0 bridgehead atoms. The molecule has 1 aliphatic rings. The SMILES string of the molecule is COC1(C(Cc2cccc(C)c2)NN)CCCCCC1. The number of hydrogen-bond donors (Lipinski definition) is 2. The van der Waals surface area contributed by atoms with Gasteiger partial charge in [0, 0.05) is 7.11 Å². The molecule has 0 spiro atoms. The van der Waals surface area contributed by atoms with Crippen molar-refractivity contribution in [1.82, 2.24) is 5.43 Å². The lowest BCUT2D eigenvalue weighted by Gasteiger charge is -2.39. The molecule has 0 aliphatic heterocycles. The van der Waals surface area contributed by atoms with E-state index >= 15 is 0 Å². The highest BCUT2D eigenvalue weighted by Crippen LogP contribution is 2.34. The van der Waals surface area contributed by atoms with Crippen LogP contribution in [0.1, 0.15) is 49.7 Å². The summed E-state index contributed by atoms with van der Waals surface area (Å²) < 4.78 is 5.97. The topological polar surface area (TPSA) is 47.3 Å². The second-order valence-electron chi connectivity index (χ2n) is 6.10. The molecule has 20 heavy (non-hydrogen) atoms. The maximum Gasteiger partial charge on any atom is 0.0847 e. The van der Waals surface area contributed by atoms with Gasteiger partial charge in [-0.15, -0.1) is 0 Å². The predicted octanol–water partition coefficient (Wildman–Crippen LogP) is 3.11. The molecule has 3 heteroatoms. The molecule has 1 unspecified atom stereocenters. The van der Waals surface area contributed by atoms with Gasteiger partial charge in [0.25, 0.3) is 0 Å². The molecule has 0 amide bonds. The summed E-state index contributed by atoms with van der Waals surface area (Å²) in [6.07, 6.45) is 8.22. The Morgan fingerprint density at radius 1 is 1.25 bits per heavy atom. The normalized spacial score (nSPS) is 20.4. The molecule has 1 aromatic carbocycles. The van der Waals surface area contributed by atoms with Gasteiger partial charge in [0.15, 0.2) is 0 Å². The lowest BCUT2D eigenvalue weighted by Crippen LogP contribution is -2.55. The number of methoxy groups -OCH3 is 1. The summed E-state index contributed by atoms with van der Waals surface area (Å²) in [7, 11) is 1.84. The van der Waals surface area contributed by atoms with Gasteiger partial charge in [-0.05, 0) is 31.7 Å². The second kappa shape index (κ2) is 7.21. The smallest absolute Gasteiger partial charge is 0.0847 e. The van der Waals surface area contributed by atoms with Crippen LogP contribution in [0, 0.1) is 6.92 Å². The Morgan fingerprint density at radius 3 is 2.50 bits per heavy atom. The van der Waals surface area contributed by atoms with E-state index in [9.17, 15) is 0 Å². The fourth-order valence-electron chi connectivity index (χ4n) is 3.49. The molecule has 0 radical (unpaired) electrons. The Bertz CT molecular complexity index is 411. The molecule has 112 valence electrons. The van der Waals surface area contributed by atoms with Gasteiger partial charge in [-0.25, -0.2) is 0 Å². The molecule has 1 aromatic rings. The quantitative estimate of drug-likeness (QED) is 0.493. The number of nitrogens with two attached hydrogens (primary N) is 1. The predicted molar refractivity (Wildman–Crippen MR) is 83.4 cm³/mol. The van der Waals surface area contributed by atoms with Crippen LogP contribution >= 0.6 is 0 Å². The van der Waals surface area contributed by atoms with Crippen LogP contribution in [0.15, 0.2) is 24.3 Å². The minimum absolute atomic E-state index is 0.116. The first-order valence-electron chi connectivity index (χ1n) is 7.77. The standard InChI is InChI=1S/C17H28N2O/c1-14-8-7-9-15(12-14)13-16(19-18)17(20-2)10-5-3-4-6-11-17/h7-9,12,16,19H,3-6,10-11,13,18H2,1-2H3. The Kier molecular flexibility index (Phi) is 5.58. The molecule has 0 aromatic heterocycles. The van der Waals surface area contributed by atoms with Gasteiger partial charge in [-0.3, -0.25) is 11.3 Å². The van der Waals surface area contributed by atoms with E-state index in [4.69, 9.17) is 10.6 Å². The lowest BCUT2D eigenvalue weighted by molar-refractivity contribution is -0.0527. The molecule has 3 N–H and O–H groups in total. The average molecular weight is 276 g/mol. The highest BCUT2D eigenvalue weighted by atomic mass is 16.5. The third kappa shape index (κ3) is 3.60. The van der Waals surface area contributed by atoms with E-state index in [1.165, 1.54) is 36.8 Å². The molecule has 0 heterocycles. The summed E-state index contributed by atoms with van der Waals surface area (Å²) in [5.74, 6) is 5.87. The van der Waals surface area contributed by atoms with Gasteiger partial charge >= 0.3 is 0 Å². The van der Waals surface area contributed by atoms with Gasteiger partial charge in [0.1, 0.15) is 0 Å². The molecule has 1 aliphatic carbocycles. The Hall–Kier alpha value is -0.900. The number of aryl methyl sites for hydroxylation is 1. The van der Waals surface area contributed by atoms with Crippen LogP contribution in [-0.2, 0) is 11.2 Å². The van der Waals surface area contributed by atoms with Crippen molar-refractivity contribution < 1.29 is 4.74 Å². The van der Waals surface area contributed by atoms with E-state index in [1.807, 2.05) is 7.11 Å². The summed E-state index contributed by atoms with van der Waals surface area (Å²) in [5.41, 5.74) is 5.54. The maximum absolute atomic E-state index is 5.97. The molecule has 1 saturated carbocycles. The Morgan fingerprint density at radius 2 is 1.95 bits per heavy atom. The van der Waals surface area contributed by atoms with Gasteiger partial charge in [-0.2, -0.15) is 0 Å². The Balaban J connectivity index is 2.16. The summed E-state index contributed by atoms with van der Waals surface area (Å²) in [6.45, 7) is 2.13. The fraction of sp³-hybridized carbons (Fsp3) is 0.647. The van der Waals surface area contributed by atoms with E-state index in [0.717, 1.165) is 19.3 Å². The fourth-order valence-corrected chi connectivity index (χ4v) is 3.49. The second-order valence-corrected chi connectivity index (χ2v) is 6.10. The molecule has 1 atom stereocenters. The number of ether oxygens (including phenoxy) is 1. The lowest BCUT2D eigenvalue weighted by atomic mass is 9.83. The van der Waals surface area contributed by atoms with E-state index in [1.54, 1.807) is 0 Å². The summed E-state index contributed by atoms with van der Waals surface area (Å²) in [4.78, 5) is 0. The molecule has 0 saturated heterocycles. The third-order valence-corrected chi connectivity index (χ3v) is 4.71. The van der Waals surface area contributed by atoms with E-state index < -0.39 is 0 Å². The van der Waals surface area contributed by atoms with Crippen molar-refractivity contribution in [3.05, 3.63) is 35.4 Å². The van der Waals surface area contributed by atoms with Crippen molar-refractivity contribution in [3.8, 4) is 0 Å². The largest absolute Gasteiger partial charge is 0.377 e. The van der Waals surface area contributed by atoms with Crippen LogP contribution in [-0.4, -0.2) is 18.8 Å². The maximum atomic E-state index is 5.97. The minimum atomic E-state index is -0.116. The first-order chi connectivity index (χ1) is 9.70. The van der Waals surface area contributed by atoms with Crippen molar-refractivity contribution in [1.29, 1.82) is 0 Å². The van der Waals surface area contributed by atoms with Gasteiger partial charge in [0.2, 0.25) is 0 Å². The van der Waals surface area contributed by atoms with E-state index in [-0.39, 0.29) is 11.6 Å². The molecular weight excluding hydrogens is 248 g/mol. The highest BCUT2D eigenvalue weighted by molar-refractivity contribution is 5.23. The highest BCUT2D eigenvalue weighted by Gasteiger charge is 2.38. The first kappa shape index (κ1) is 15.5. The van der Waals surface area contributed by atoms with Crippen molar-refractivity contribution >= 4 is 0 Å². The molecular formula is C17H28N2O. The Labute approximate surface area is 122 Å².